The summed E-state index contributed by atoms with van der Waals surface area (Å²) in [7, 11) is 0. The van der Waals surface area contributed by atoms with E-state index in [-0.39, 0.29) is 0 Å². The van der Waals surface area contributed by atoms with Crippen molar-refractivity contribution >= 4 is 0 Å². The molecule has 1 atom stereocenters. The normalized spacial score (nSPS) is 35.4. The molecule has 2 fully saturated rings. The van der Waals surface area contributed by atoms with Crippen molar-refractivity contribution in [3.8, 4) is 0 Å². The van der Waals surface area contributed by atoms with Gasteiger partial charge in [-0.05, 0) is 6.42 Å². The van der Waals surface area contributed by atoms with Crippen LogP contribution in [0.3, 0.4) is 0 Å². The summed E-state index contributed by atoms with van der Waals surface area (Å²) >= 11 is 0. The minimum absolute atomic E-state index is 0.516. The first-order valence-corrected chi connectivity index (χ1v) is 4.02. The summed E-state index contributed by atoms with van der Waals surface area (Å²) in [4.78, 5) is 2.47. The molecule has 0 bridgehead atoms. The first-order chi connectivity index (χ1) is 4.97. The van der Waals surface area contributed by atoms with E-state index < -0.39 is 0 Å². The summed E-state index contributed by atoms with van der Waals surface area (Å²) in [6.07, 6.45) is 1.71. The minimum Gasteiger partial charge on any atom is -0.378 e. The molecule has 10 heavy (non-hydrogen) atoms. The molecular formula is C7H14N2O. The van der Waals surface area contributed by atoms with Crippen LogP contribution in [-0.4, -0.2) is 43.9 Å². The van der Waals surface area contributed by atoms with Crippen LogP contribution < -0.4 is 5.32 Å². The maximum atomic E-state index is 5.40. The van der Waals surface area contributed by atoms with Crippen LogP contribution in [-0.2, 0) is 4.74 Å². The molecule has 0 aliphatic carbocycles. The molecule has 2 rings (SSSR count). The molecule has 2 aliphatic heterocycles. The second-order valence-corrected chi connectivity index (χ2v) is 2.93. The van der Waals surface area contributed by atoms with E-state index in [9.17, 15) is 0 Å². The van der Waals surface area contributed by atoms with Gasteiger partial charge in [-0.25, -0.2) is 0 Å². The van der Waals surface area contributed by atoms with Crippen molar-refractivity contribution < 1.29 is 4.74 Å². The molecule has 1 unspecified atom stereocenters. The van der Waals surface area contributed by atoms with Crippen molar-refractivity contribution in [2.75, 3.05) is 32.8 Å². The largest absolute Gasteiger partial charge is 0.378 e. The van der Waals surface area contributed by atoms with Crippen molar-refractivity contribution in [2.24, 2.45) is 0 Å². The molecule has 0 aromatic carbocycles. The summed E-state index contributed by atoms with van der Waals surface area (Å²) in [5, 5.41) is 3.40. The third kappa shape index (κ3) is 1.17. The van der Waals surface area contributed by atoms with Gasteiger partial charge in [0.1, 0.15) is 0 Å². The summed E-state index contributed by atoms with van der Waals surface area (Å²) in [6.45, 7) is 5.36. The molecule has 1 N–H and O–H groups in total. The lowest BCUT2D eigenvalue weighted by Crippen LogP contribution is -2.37. The highest BCUT2D eigenvalue weighted by molar-refractivity contribution is 4.78. The molecule has 0 aromatic rings. The lowest BCUT2D eigenvalue weighted by molar-refractivity contribution is 0.108. The van der Waals surface area contributed by atoms with Gasteiger partial charge in [-0.3, -0.25) is 10.2 Å². The van der Waals surface area contributed by atoms with Gasteiger partial charge in [0.15, 0.2) is 0 Å². The van der Waals surface area contributed by atoms with Gasteiger partial charge in [0.25, 0.3) is 0 Å². The number of nitrogens with zero attached hydrogens (tertiary/aromatic N) is 1. The van der Waals surface area contributed by atoms with Gasteiger partial charge < -0.3 is 4.74 Å². The Kier molecular flexibility index (Phi) is 1.88. The van der Waals surface area contributed by atoms with Gasteiger partial charge in [0.2, 0.25) is 0 Å². The van der Waals surface area contributed by atoms with Crippen LogP contribution in [0.4, 0.5) is 0 Å². The van der Waals surface area contributed by atoms with E-state index in [4.69, 9.17) is 4.74 Å². The number of fused-ring (bicyclic) bond motifs is 1. The topological polar surface area (TPSA) is 24.5 Å². The molecule has 58 valence electrons. The zero-order chi connectivity index (χ0) is 6.81. The Morgan fingerprint density at radius 1 is 1.40 bits per heavy atom. The zero-order valence-electron chi connectivity index (χ0n) is 6.18. The smallest absolute Gasteiger partial charge is 0.0839 e. The Labute approximate surface area is 61.3 Å². The first kappa shape index (κ1) is 6.58. The van der Waals surface area contributed by atoms with Crippen molar-refractivity contribution in [1.82, 2.24) is 10.2 Å². The van der Waals surface area contributed by atoms with Crippen LogP contribution in [0, 0.1) is 0 Å². The second-order valence-electron chi connectivity index (χ2n) is 2.93. The number of rotatable bonds is 0. The minimum atomic E-state index is 0.516. The molecule has 3 heteroatoms. The van der Waals surface area contributed by atoms with Crippen molar-refractivity contribution in [3.05, 3.63) is 0 Å². The summed E-state index contributed by atoms with van der Waals surface area (Å²) in [5.41, 5.74) is 0. The van der Waals surface area contributed by atoms with Gasteiger partial charge in [-0.15, -0.1) is 0 Å². The fourth-order valence-electron chi connectivity index (χ4n) is 1.66. The van der Waals surface area contributed by atoms with E-state index in [1.54, 1.807) is 0 Å². The summed E-state index contributed by atoms with van der Waals surface area (Å²) in [6, 6.07) is 0. The Hall–Kier alpha value is -0.120. The fraction of sp³-hybridized carbons (Fsp3) is 1.00. The molecule has 0 radical (unpaired) electrons. The Morgan fingerprint density at radius 3 is 3.40 bits per heavy atom. The van der Waals surface area contributed by atoms with Crippen LogP contribution in [0.25, 0.3) is 0 Å². The van der Waals surface area contributed by atoms with Gasteiger partial charge in [0, 0.05) is 26.2 Å². The van der Waals surface area contributed by atoms with Gasteiger partial charge in [-0.2, -0.15) is 0 Å². The van der Waals surface area contributed by atoms with E-state index in [1.807, 2.05) is 0 Å². The monoisotopic (exact) mass is 142 g/mol. The lowest BCUT2D eigenvalue weighted by Gasteiger charge is -2.18. The molecule has 3 nitrogen and oxygen atoms in total. The van der Waals surface area contributed by atoms with E-state index in [1.165, 1.54) is 19.5 Å². The van der Waals surface area contributed by atoms with Gasteiger partial charge >= 0.3 is 0 Å². The van der Waals surface area contributed by atoms with Crippen molar-refractivity contribution in [2.45, 2.75) is 12.6 Å². The van der Waals surface area contributed by atoms with Crippen LogP contribution >= 0.6 is 0 Å². The highest BCUT2D eigenvalue weighted by Gasteiger charge is 2.24. The predicted molar refractivity (Wildman–Crippen MR) is 38.8 cm³/mol. The quantitative estimate of drug-likeness (QED) is 0.500. The number of ether oxygens (including phenoxy) is 1. The molecule has 0 aromatic heterocycles. The summed E-state index contributed by atoms with van der Waals surface area (Å²) < 4.78 is 5.40. The molecule has 0 spiro atoms. The van der Waals surface area contributed by atoms with E-state index in [0.29, 0.717) is 6.17 Å². The molecule has 2 saturated heterocycles. The maximum absolute atomic E-state index is 5.40. The Bertz CT molecular complexity index is 106. The second kappa shape index (κ2) is 2.86. The number of nitrogens with one attached hydrogen (secondary N) is 1. The summed E-state index contributed by atoms with van der Waals surface area (Å²) in [5.74, 6) is 0. The van der Waals surface area contributed by atoms with Crippen LogP contribution in [0.15, 0.2) is 0 Å². The lowest BCUT2D eigenvalue weighted by atomic mass is 10.4. The average Bonchev–Trinajstić information content (AvgIpc) is 2.28. The standard InChI is InChI=1S/C7H14N2O/c1-3-9-4-2-8-7(9)6-10-5-1/h7-8H,1-6H2. The van der Waals surface area contributed by atoms with Gasteiger partial charge in [0.05, 0.1) is 12.8 Å². The number of hydrogen-bond acceptors (Lipinski definition) is 3. The van der Waals surface area contributed by atoms with Crippen molar-refractivity contribution in [3.63, 3.8) is 0 Å². The molecule has 0 amide bonds. The van der Waals surface area contributed by atoms with Gasteiger partial charge in [-0.1, -0.05) is 0 Å². The van der Waals surface area contributed by atoms with Crippen molar-refractivity contribution in [1.29, 1.82) is 0 Å². The van der Waals surface area contributed by atoms with Crippen LogP contribution in [0.2, 0.25) is 0 Å². The Balaban J connectivity index is 1.95. The van der Waals surface area contributed by atoms with Crippen LogP contribution in [0.5, 0.6) is 0 Å². The third-order valence-corrected chi connectivity index (χ3v) is 2.23. The molecular weight excluding hydrogens is 128 g/mol. The predicted octanol–water partition coefficient (Wildman–Crippen LogP) is -0.362. The van der Waals surface area contributed by atoms with E-state index >= 15 is 0 Å². The highest BCUT2D eigenvalue weighted by atomic mass is 16.5. The zero-order valence-corrected chi connectivity index (χ0v) is 6.18. The number of hydrogen-bond donors (Lipinski definition) is 1. The van der Waals surface area contributed by atoms with Crippen LogP contribution in [0.1, 0.15) is 6.42 Å². The van der Waals surface area contributed by atoms with E-state index in [2.05, 4.69) is 10.2 Å². The first-order valence-electron chi connectivity index (χ1n) is 4.02. The SMILES string of the molecule is C1COCC2NCCN2C1. The highest BCUT2D eigenvalue weighted by Crippen LogP contribution is 2.08. The molecule has 2 heterocycles. The fourth-order valence-corrected chi connectivity index (χ4v) is 1.66. The molecule has 0 saturated carbocycles. The maximum Gasteiger partial charge on any atom is 0.0839 e. The Morgan fingerprint density at radius 2 is 2.40 bits per heavy atom. The molecule has 2 aliphatic rings. The average molecular weight is 142 g/mol. The third-order valence-electron chi connectivity index (χ3n) is 2.23. The van der Waals surface area contributed by atoms with E-state index in [0.717, 1.165) is 19.8 Å².